The minimum absolute atomic E-state index is 0.0861. The fraction of sp³-hybridized carbons (Fsp3) is 0.462. The first-order chi connectivity index (χ1) is 9.54. The molecule has 0 bridgehead atoms. The van der Waals surface area contributed by atoms with Crippen LogP contribution in [0.2, 0.25) is 0 Å². The van der Waals surface area contributed by atoms with Crippen molar-refractivity contribution >= 4 is 15.9 Å². The molecular formula is C13H18N2O4S. The van der Waals surface area contributed by atoms with Crippen molar-refractivity contribution in [2.75, 3.05) is 19.7 Å². The molecule has 0 unspecified atom stereocenters. The van der Waals surface area contributed by atoms with E-state index in [-0.39, 0.29) is 30.0 Å². The lowest BCUT2D eigenvalue weighted by Gasteiger charge is -2.23. The van der Waals surface area contributed by atoms with Crippen molar-refractivity contribution < 1.29 is 18.3 Å². The second kappa shape index (κ2) is 6.34. The summed E-state index contributed by atoms with van der Waals surface area (Å²) in [6, 6.07) is 7.72. The molecule has 6 nitrogen and oxygen atoms in total. The molecule has 7 heteroatoms. The zero-order chi connectivity index (χ0) is 14.6. The zero-order valence-corrected chi connectivity index (χ0v) is 11.8. The van der Waals surface area contributed by atoms with Gasteiger partial charge in [-0.25, -0.2) is 13.1 Å². The normalized spacial score (nSPS) is 19.2. The molecule has 0 aromatic heterocycles. The van der Waals surface area contributed by atoms with Gasteiger partial charge in [-0.1, -0.05) is 18.2 Å². The van der Waals surface area contributed by atoms with Gasteiger partial charge in [-0.3, -0.25) is 4.79 Å². The summed E-state index contributed by atoms with van der Waals surface area (Å²) in [7, 11) is -3.67. The lowest BCUT2D eigenvalue weighted by molar-refractivity contribution is -0.131. The largest absolute Gasteiger partial charge is 0.394 e. The molecule has 1 aliphatic rings. The number of rotatable bonds is 5. The van der Waals surface area contributed by atoms with Crippen molar-refractivity contribution in [3.05, 3.63) is 30.3 Å². The second-order valence-corrected chi connectivity index (χ2v) is 6.47. The van der Waals surface area contributed by atoms with Gasteiger partial charge in [0, 0.05) is 6.54 Å². The Hall–Kier alpha value is -1.44. The molecule has 1 heterocycles. The summed E-state index contributed by atoms with van der Waals surface area (Å²) in [6.07, 6.45) is 1.59. The van der Waals surface area contributed by atoms with E-state index in [1.54, 1.807) is 18.2 Å². The average molecular weight is 298 g/mol. The van der Waals surface area contributed by atoms with Gasteiger partial charge in [0.1, 0.15) is 0 Å². The first kappa shape index (κ1) is 15.0. The summed E-state index contributed by atoms with van der Waals surface area (Å²) < 4.78 is 26.2. The Bertz CT molecular complexity index is 559. The van der Waals surface area contributed by atoms with E-state index < -0.39 is 10.0 Å². The zero-order valence-electron chi connectivity index (χ0n) is 11.0. The number of hydrogen-bond acceptors (Lipinski definition) is 4. The molecule has 1 saturated heterocycles. The summed E-state index contributed by atoms with van der Waals surface area (Å²) in [4.78, 5) is 13.6. The fourth-order valence-corrected chi connectivity index (χ4v) is 3.29. The predicted molar refractivity (Wildman–Crippen MR) is 73.5 cm³/mol. The number of aliphatic hydroxyl groups is 1. The van der Waals surface area contributed by atoms with Gasteiger partial charge >= 0.3 is 0 Å². The number of carbonyl (C=O) groups excluding carboxylic acids is 1. The van der Waals surface area contributed by atoms with Crippen LogP contribution in [-0.2, 0) is 14.8 Å². The van der Waals surface area contributed by atoms with Crippen LogP contribution in [0, 0.1) is 0 Å². The Kier molecular flexibility index (Phi) is 4.74. The van der Waals surface area contributed by atoms with Gasteiger partial charge in [0.05, 0.1) is 24.1 Å². The lowest BCUT2D eigenvalue weighted by atomic mass is 10.2. The molecule has 0 radical (unpaired) electrons. The highest BCUT2D eigenvalue weighted by Gasteiger charge is 2.28. The Balaban J connectivity index is 1.97. The van der Waals surface area contributed by atoms with E-state index in [1.165, 1.54) is 17.0 Å². The van der Waals surface area contributed by atoms with Crippen molar-refractivity contribution in [3.63, 3.8) is 0 Å². The smallest absolute Gasteiger partial charge is 0.241 e. The van der Waals surface area contributed by atoms with Crippen molar-refractivity contribution in [1.29, 1.82) is 0 Å². The number of carbonyl (C=O) groups is 1. The first-order valence-corrected chi connectivity index (χ1v) is 7.98. The molecule has 0 spiro atoms. The third kappa shape index (κ3) is 3.36. The number of aliphatic hydroxyl groups excluding tert-OH is 1. The Morgan fingerprint density at radius 1 is 1.35 bits per heavy atom. The van der Waals surface area contributed by atoms with E-state index in [2.05, 4.69) is 4.72 Å². The van der Waals surface area contributed by atoms with Crippen LogP contribution < -0.4 is 4.72 Å². The Morgan fingerprint density at radius 2 is 2.05 bits per heavy atom. The highest BCUT2D eigenvalue weighted by molar-refractivity contribution is 7.89. The number of nitrogens with zero attached hydrogens (tertiary/aromatic N) is 1. The van der Waals surface area contributed by atoms with Crippen molar-refractivity contribution in [3.8, 4) is 0 Å². The monoisotopic (exact) mass is 298 g/mol. The van der Waals surface area contributed by atoms with E-state index in [9.17, 15) is 13.2 Å². The molecule has 0 aliphatic carbocycles. The van der Waals surface area contributed by atoms with Crippen LogP contribution in [0.1, 0.15) is 12.8 Å². The SMILES string of the molecule is O=C(CNS(=O)(=O)c1ccccc1)N1CCC[C@H]1CO. The number of nitrogens with one attached hydrogen (secondary N) is 1. The number of hydrogen-bond donors (Lipinski definition) is 2. The third-order valence-corrected chi connectivity index (χ3v) is 4.79. The molecular weight excluding hydrogens is 280 g/mol. The molecule has 1 aromatic rings. The molecule has 1 aromatic carbocycles. The number of benzene rings is 1. The van der Waals surface area contributed by atoms with E-state index in [0.717, 1.165) is 12.8 Å². The van der Waals surface area contributed by atoms with Gasteiger partial charge in [-0.2, -0.15) is 0 Å². The Labute approximate surface area is 118 Å². The second-order valence-electron chi connectivity index (χ2n) is 4.70. The van der Waals surface area contributed by atoms with E-state index in [0.29, 0.717) is 6.54 Å². The minimum atomic E-state index is -3.67. The number of likely N-dealkylation sites (tertiary alicyclic amines) is 1. The average Bonchev–Trinajstić information content (AvgIpc) is 2.94. The third-order valence-electron chi connectivity index (χ3n) is 3.38. The van der Waals surface area contributed by atoms with Crippen molar-refractivity contribution in [2.45, 2.75) is 23.8 Å². The first-order valence-electron chi connectivity index (χ1n) is 6.49. The van der Waals surface area contributed by atoms with Gasteiger partial charge in [0.15, 0.2) is 0 Å². The molecule has 20 heavy (non-hydrogen) atoms. The summed E-state index contributed by atoms with van der Waals surface area (Å²) in [5.74, 6) is -0.305. The van der Waals surface area contributed by atoms with Crippen LogP contribution in [0.4, 0.5) is 0 Å². The van der Waals surface area contributed by atoms with Crippen LogP contribution in [-0.4, -0.2) is 50.1 Å². The summed E-state index contributed by atoms with van der Waals surface area (Å²) in [5.41, 5.74) is 0. The minimum Gasteiger partial charge on any atom is -0.394 e. The van der Waals surface area contributed by atoms with E-state index in [1.807, 2.05) is 0 Å². The predicted octanol–water partition coefficient (Wildman–Crippen LogP) is -0.0518. The lowest BCUT2D eigenvalue weighted by Crippen LogP contribution is -2.43. The van der Waals surface area contributed by atoms with E-state index >= 15 is 0 Å². The van der Waals surface area contributed by atoms with Crippen LogP contribution in [0.5, 0.6) is 0 Å². The molecule has 110 valence electrons. The quantitative estimate of drug-likeness (QED) is 0.798. The van der Waals surface area contributed by atoms with Crippen LogP contribution >= 0.6 is 0 Å². The van der Waals surface area contributed by atoms with E-state index in [4.69, 9.17) is 5.11 Å². The van der Waals surface area contributed by atoms with Gasteiger partial charge in [-0.15, -0.1) is 0 Å². The number of amides is 1. The van der Waals surface area contributed by atoms with Gasteiger partial charge in [0.25, 0.3) is 0 Å². The maximum absolute atomic E-state index is 12.0. The summed E-state index contributed by atoms with van der Waals surface area (Å²) in [5, 5.41) is 9.16. The van der Waals surface area contributed by atoms with Gasteiger partial charge < -0.3 is 10.0 Å². The fourth-order valence-electron chi connectivity index (χ4n) is 2.30. The topological polar surface area (TPSA) is 86.7 Å². The Morgan fingerprint density at radius 3 is 2.70 bits per heavy atom. The molecule has 1 aliphatic heterocycles. The van der Waals surface area contributed by atoms with Crippen molar-refractivity contribution in [2.24, 2.45) is 0 Å². The van der Waals surface area contributed by atoms with Gasteiger partial charge in [-0.05, 0) is 25.0 Å². The van der Waals surface area contributed by atoms with Gasteiger partial charge in [0.2, 0.25) is 15.9 Å². The van der Waals surface area contributed by atoms with Crippen LogP contribution in [0.25, 0.3) is 0 Å². The highest BCUT2D eigenvalue weighted by Crippen LogP contribution is 2.16. The maximum atomic E-state index is 12.0. The summed E-state index contributed by atoms with van der Waals surface area (Å²) >= 11 is 0. The van der Waals surface area contributed by atoms with Crippen molar-refractivity contribution in [1.82, 2.24) is 9.62 Å². The molecule has 2 N–H and O–H groups in total. The molecule has 2 rings (SSSR count). The molecule has 1 amide bonds. The maximum Gasteiger partial charge on any atom is 0.241 e. The standard InChI is InChI=1S/C13H18N2O4S/c16-10-11-5-4-8-15(11)13(17)9-14-20(18,19)12-6-2-1-3-7-12/h1-3,6-7,11,14,16H,4-5,8-10H2/t11-/m0/s1. The number of sulfonamides is 1. The molecule has 1 atom stereocenters. The van der Waals surface area contributed by atoms with Crippen LogP contribution in [0.3, 0.4) is 0 Å². The summed E-state index contributed by atoms with van der Waals surface area (Å²) in [6.45, 7) is 0.196. The van der Waals surface area contributed by atoms with Crippen LogP contribution in [0.15, 0.2) is 35.2 Å². The molecule has 0 saturated carbocycles. The highest BCUT2D eigenvalue weighted by atomic mass is 32.2. The molecule has 1 fully saturated rings.